The summed E-state index contributed by atoms with van der Waals surface area (Å²) in [5, 5.41) is 24.8. The summed E-state index contributed by atoms with van der Waals surface area (Å²) < 4.78 is 0. The molecule has 1 saturated carbocycles. The molecule has 1 heterocycles. The van der Waals surface area contributed by atoms with Gasteiger partial charge in [-0.3, -0.25) is 5.32 Å². The van der Waals surface area contributed by atoms with Crippen LogP contribution in [-0.4, -0.2) is 39.7 Å². The van der Waals surface area contributed by atoms with E-state index in [0.717, 1.165) is 12.8 Å². The monoisotopic (exact) mass is 228 g/mol. The average Bonchev–Trinajstić information content (AvgIpc) is 2.57. The van der Waals surface area contributed by atoms with Gasteiger partial charge < -0.3 is 10.3 Å². The van der Waals surface area contributed by atoms with Crippen LogP contribution in [0.4, 0.5) is 0 Å². The van der Waals surface area contributed by atoms with E-state index in [4.69, 9.17) is 0 Å². The zero-order valence-corrected chi connectivity index (χ0v) is 10.3. The van der Waals surface area contributed by atoms with E-state index in [1.54, 1.807) is 0 Å². The van der Waals surface area contributed by atoms with Crippen LogP contribution < -0.4 is 5.32 Å². The Morgan fingerprint density at radius 2 is 1.81 bits per heavy atom. The van der Waals surface area contributed by atoms with Gasteiger partial charge in [-0.05, 0) is 32.6 Å². The Balaban J connectivity index is 1.96. The predicted molar refractivity (Wildman–Crippen MR) is 62.1 cm³/mol. The lowest BCUT2D eigenvalue weighted by Crippen LogP contribution is -2.49. The molecule has 4 nitrogen and oxygen atoms in total. The van der Waals surface area contributed by atoms with Crippen LogP contribution in [-0.2, 0) is 0 Å². The van der Waals surface area contributed by atoms with E-state index in [2.05, 4.69) is 5.32 Å². The van der Waals surface area contributed by atoms with Crippen molar-refractivity contribution in [3.63, 3.8) is 0 Å². The van der Waals surface area contributed by atoms with Crippen molar-refractivity contribution >= 4 is 0 Å². The third-order valence-electron chi connectivity index (χ3n) is 4.32. The van der Waals surface area contributed by atoms with Crippen molar-refractivity contribution in [2.24, 2.45) is 5.92 Å². The first-order valence-corrected chi connectivity index (χ1v) is 6.52. The number of aliphatic hydroxyl groups excluding tert-OH is 1. The molecular weight excluding hydrogens is 204 g/mol. The molecule has 1 aliphatic carbocycles. The number of hydrogen-bond donors (Lipinski definition) is 3. The molecular formula is C12H24N2O2. The van der Waals surface area contributed by atoms with Crippen LogP contribution in [0.25, 0.3) is 0 Å². The highest BCUT2D eigenvalue weighted by atomic mass is 16.5. The maximum Gasteiger partial charge on any atom is 0.111 e. The molecule has 2 aliphatic rings. The van der Waals surface area contributed by atoms with Crippen molar-refractivity contribution in [2.45, 2.75) is 70.3 Å². The first-order chi connectivity index (χ1) is 7.61. The van der Waals surface area contributed by atoms with E-state index in [0.29, 0.717) is 5.92 Å². The molecule has 1 aliphatic heterocycles. The summed E-state index contributed by atoms with van der Waals surface area (Å²) in [4.78, 5) is 0. The summed E-state index contributed by atoms with van der Waals surface area (Å²) in [6.07, 6.45) is 5.17. The van der Waals surface area contributed by atoms with Crippen molar-refractivity contribution < 1.29 is 10.3 Å². The lowest BCUT2D eigenvalue weighted by molar-refractivity contribution is -0.167. The standard InChI is InChI=1S/C12H24N2O2/c1-8-9(2)14(16)12(13-8)11(15)10-6-4-3-5-7-10/h8-13,15-16H,3-7H2,1-2H3. The van der Waals surface area contributed by atoms with E-state index >= 15 is 0 Å². The van der Waals surface area contributed by atoms with Gasteiger partial charge in [0, 0.05) is 12.1 Å². The lowest BCUT2D eigenvalue weighted by Gasteiger charge is -2.33. The Labute approximate surface area is 97.6 Å². The third-order valence-corrected chi connectivity index (χ3v) is 4.32. The normalized spacial score (nSPS) is 40.1. The molecule has 0 amide bonds. The Morgan fingerprint density at radius 3 is 2.31 bits per heavy atom. The van der Waals surface area contributed by atoms with Gasteiger partial charge in [0.15, 0.2) is 0 Å². The van der Waals surface area contributed by atoms with Gasteiger partial charge in [-0.2, -0.15) is 5.06 Å². The Hall–Kier alpha value is -0.160. The first-order valence-electron chi connectivity index (χ1n) is 6.52. The molecule has 0 spiro atoms. The summed E-state index contributed by atoms with van der Waals surface area (Å²) in [5.41, 5.74) is 0. The number of nitrogens with zero attached hydrogens (tertiary/aromatic N) is 1. The minimum atomic E-state index is -0.447. The average molecular weight is 228 g/mol. The minimum Gasteiger partial charge on any atom is -0.390 e. The van der Waals surface area contributed by atoms with Gasteiger partial charge in [0.2, 0.25) is 0 Å². The SMILES string of the molecule is CC1NC(C(O)C2CCCCC2)N(O)C1C. The predicted octanol–water partition coefficient (Wildman–Crippen LogP) is 1.33. The third kappa shape index (κ3) is 2.25. The van der Waals surface area contributed by atoms with Crippen LogP contribution in [0.5, 0.6) is 0 Å². The highest BCUT2D eigenvalue weighted by molar-refractivity contribution is 4.92. The van der Waals surface area contributed by atoms with E-state index in [1.807, 2.05) is 13.8 Å². The summed E-state index contributed by atoms with van der Waals surface area (Å²) >= 11 is 0. The molecule has 0 aromatic heterocycles. The van der Waals surface area contributed by atoms with Crippen LogP contribution >= 0.6 is 0 Å². The fourth-order valence-corrected chi connectivity index (χ4v) is 2.96. The molecule has 94 valence electrons. The van der Waals surface area contributed by atoms with Gasteiger partial charge >= 0.3 is 0 Å². The number of aliphatic hydroxyl groups is 1. The van der Waals surface area contributed by atoms with E-state index < -0.39 is 6.10 Å². The largest absolute Gasteiger partial charge is 0.390 e. The summed E-state index contributed by atoms with van der Waals surface area (Å²) in [7, 11) is 0. The molecule has 2 fully saturated rings. The number of rotatable bonds is 2. The molecule has 0 radical (unpaired) electrons. The molecule has 1 saturated heterocycles. The summed E-state index contributed by atoms with van der Waals surface area (Å²) in [6.45, 7) is 4.02. The molecule has 4 heteroatoms. The maximum atomic E-state index is 10.3. The Morgan fingerprint density at radius 1 is 1.19 bits per heavy atom. The Kier molecular flexibility index (Phi) is 3.85. The van der Waals surface area contributed by atoms with Gasteiger partial charge in [0.1, 0.15) is 6.17 Å². The van der Waals surface area contributed by atoms with E-state index in [1.165, 1.54) is 24.3 Å². The smallest absolute Gasteiger partial charge is 0.111 e. The van der Waals surface area contributed by atoms with Gasteiger partial charge in [-0.15, -0.1) is 0 Å². The van der Waals surface area contributed by atoms with Crippen molar-refractivity contribution in [3.05, 3.63) is 0 Å². The highest BCUT2D eigenvalue weighted by Gasteiger charge is 2.41. The van der Waals surface area contributed by atoms with Crippen LogP contribution in [0.1, 0.15) is 46.0 Å². The quantitative estimate of drug-likeness (QED) is 0.667. The van der Waals surface area contributed by atoms with Crippen molar-refractivity contribution in [3.8, 4) is 0 Å². The van der Waals surface area contributed by atoms with Crippen LogP contribution in [0, 0.1) is 5.92 Å². The molecule has 0 aromatic rings. The minimum absolute atomic E-state index is 0.0724. The lowest BCUT2D eigenvalue weighted by atomic mass is 9.84. The van der Waals surface area contributed by atoms with E-state index in [-0.39, 0.29) is 18.2 Å². The first kappa shape index (κ1) is 12.3. The second-order valence-electron chi connectivity index (χ2n) is 5.41. The topological polar surface area (TPSA) is 55.7 Å². The fourth-order valence-electron chi connectivity index (χ4n) is 2.96. The van der Waals surface area contributed by atoms with Gasteiger partial charge in [0.05, 0.1) is 6.10 Å². The molecule has 0 aromatic carbocycles. The van der Waals surface area contributed by atoms with Gasteiger partial charge in [-0.25, -0.2) is 0 Å². The van der Waals surface area contributed by atoms with E-state index in [9.17, 15) is 10.3 Å². The zero-order valence-electron chi connectivity index (χ0n) is 10.3. The van der Waals surface area contributed by atoms with Crippen molar-refractivity contribution in [1.82, 2.24) is 10.4 Å². The Bertz CT molecular complexity index is 231. The molecule has 2 rings (SSSR count). The number of hydrogen-bond acceptors (Lipinski definition) is 4. The van der Waals surface area contributed by atoms with Crippen molar-refractivity contribution in [2.75, 3.05) is 0 Å². The summed E-state index contributed by atoms with van der Waals surface area (Å²) in [5.74, 6) is 0.346. The maximum absolute atomic E-state index is 10.3. The number of hydroxylamine groups is 2. The number of nitrogens with one attached hydrogen (secondary N) is 1. The second-order valence-corrected chi connectivity index (χ2v) is 5.41. The molecule has 16 heavy (non-hydrogen) atoms. The zero-order chi connectivity index (χ0) is 11.7. The van der Waals surface area contributed by atoms with Crippen LogP contribution in [0.15, 0.2) is 0 Å². The molecule has 0 bridgehead atoms. The van der Waals surface area contributed by atoms with Crippen molar-refractivity contribution in [1.29, 1.82) is 0 Å². The fraction of sp³-hybridized carbons (Fsp3) is 1.00. The van der Waals surface area contributed by atoms with Crippen LogP contribution in [0.3, 0.4) is 0 Å². The molecule has 3 N–H and O–H groups in total. The van der Waals surface area contributed by atoms with Gasteiger partial charge in [0.25, 0.3) is 0 Å². The van der Waals surface area contributed by atoms with Gasteiger partial charge in [-0.1, -0.05) is 19.3 Å². The highest BCUT2D eigenvalue weighted by Crippen LogP contribution is 2.30. The second kappa shape index (κ2) is 5.00. The van der Waals surface area contributed by atoms with Crippen LogP contribution in [0.2, 0.25) is 0 Å². The molecule has 4 unspecified atom stereocenters. The summed E-state index contributed by atoms with van der Waals surface area (Å²) in [6, 6.07) is 0.302. The molecule has 4 atom stereocenters.